The normalized spacial score (nSPS) is 11.5. The van der Waals surface area contributed by atoms with Crippen molar-refractivity contribution in [1.82, 2.24) is 10.3 Å². The SMILES string of the molecule is Cc1cccc(Oc2ccccc2NC(=O)NC(C)c2cccnc2)c1. The van der Waals surface area contributed by atoms with Crippen LogP contribution in [0.15, 0.2) is 73.1 Å². The molecular weight excluding hydrogens is 326 g/mol. The summed E-state index contributed by atoms with van der Waals surface area (Å²) in [5.41, 5.74) is 2.65. The van der Waals surface area contributed by atoms with Crippen molar-refractivity contribution >= 4 is 11.7 Å². The third-order valence-corrected chi connectivity index (χ3v) is 3.88. The van der Waals surface area contributed by atoms with Crippen molar-refractivity contribution in [2.45, 2.75) is 19.9 Å². The number of para-hydroxylation sites is 2. The minimum atomic E-state index is -0.304. The summed E-state index contributed by atoms with van der Waals surface area (Å²) in [6.45, 7) is 3.91. The zero-order valence-electron chi connectivity index (χ0n) is 14.8. The Labute approximate surface area is 153 Å². The summed E-state index contributed by atoms with van der Waals surface area (Å²) in [6, 6.07) is 18.4. The van der Waals surface area contributed by atoms with Crippen LogP contribution in [0.3, 0.4) is 0 Å². The molecule has 0 spiro atoms. The van der Waals surface area contributed by atoms with Gasteiger partial charge in [-0.15, -0.1) is 0 Å². The van der Waals surface area contributed by atoms with Gasteiger partial charge in [0.05, 0.1) is 11.7 Å². The lowest BCUT2D eigenvalue weighted by Crippen LogP contribution is -2.31. The fraction of sp³-hybridized carbons (Fsp3) is 0.143. The van der Waals surface area contributed by atoms with E-state index in [4.69, 9.17) is 4.74 Å². The molecule has 0 aliphatic rings. The van der Waals surface area contributed by atoms with Crippen LogP contribution in [0.4, 0.5) is 10.5 Å². The Balaban J connectivity index is 1.69. The van der Waals surface area contributed by atoms with Crippen LogP contribution in [0.2, 0.25) is 0 Å². The van der Waals surface area contributed by atoms with Crippen LogP contribution in [0, 0.1) is 6.92 Å². The second kappa shape index (κ2) is 8.16. The number of benzene rings is 2. The molecule has 132 valence electrons. The van der Waals surface area contributed by atoms with Gasteiger partial charge in [0, 0.05) is 12.4 Å². The van der Waals surface area contributed by atoms with Crippen LogP contribution in [0.25, 0.3) is 0 Å². The van der Waals surface area contributed by atoms with E-state index in [0.717, 1.165) is 16.9 Å². The number of anilines is 1. The molecule has 1 unspecified atom stereocenters. The fourth-order valence-electron chi connectivity index (χ4n) is 2.54. The number of carbonyl (C=O) groups is 1. The molecule has 2 aromatic carbocycles. The maximum Gasteiger partial charge on any atom is 0.319 e. The van der Waals surface area contributed by atoms with Crippen LogP contribution in [0.5, 0.6) is 11.5 Å². The average Bonchev–Trinajstić information content (AvgIpc) is 2.64. The van der Waals surface area contributed by atoms with Crippen LogP contribution in [-0.2, 0) is 0 Å². The van der Waals surface area contributed by atoms with Gasteiger partial charge in [-0.1, -0.05) is 30.3 Å². The van der Waals surface area contributed by atoms with Crippen molar-refractivity contribution in [1.29, 1.82) is 0 Å². The number of rotatable bonds is 5. The van der Waals surface area contributed by atoms with Crippen molar-refractivity contribution in [2.24, 2.45) is 0 Å². The molecule has 26 heavy (non-hydrogen) atoms. The third kappa shape index (κ3) is 4.60. The van der Waals surface area contributed by atoms with Gasteiger partial charge in [-0.2, -0.15) is 0 Å². The third-order valence-electron chi connectivity index (χ3n) is 3.88. The van der Waals surface area contributed by atoms with Crippen LogP contribution < -0.4 is 15.4 Å². The van der Waals surface area contributed by atoms with Gasteiger partial charge < -0.3 is 15.4 Å². The van der Waals surface area contributed by atoms with E-state index in [0.29, 0.717) is 11.4 Å². The molecule has 5 heteroatoms. The zero-order chi connectivity index (χ0) is 18.4. The lowest BCUT2D eigenvalue weighted by Gasteiger charge is -2.16. The Morgan fingerprint density at radius 1 is 1.08 bits per heavy atom. The number of aryl methyl sites for hydroxylation is 1. The van der Waals surface area contributed by atoms with Crippen LogP contribution >= 0.6 is 0 Å². The zero-order valence-corrected chi connectivity index (χ0v) is 14.8. The number of hydrogen-bond acceptors (Lipinski definition) is 3. The molecule has 3 aromatic rings. The van der Waals surface area contributed by atoms with Crippen molar-refractivity contribution < 1.29 is 9.53 Å². The Kier molecular flexibility index (Phi) is 5.49. The number of amides is 2. The van der Waals surface area contributed by atoms with E-state index < -0.39 is 0 Å². The van der Waals surface area contributed by atoms with Gasteiger partial charge >= 0.3 is 6.03 Å². The molecule has 2 amide bonds. The summed E-state index contributed by atoms with van der Waals surface area (Å²) >= 11 is 0. The van der Waals surface area contributed by atoms with Gasteiger partial charge in [-0.25, -0.2) is 4.79 Å². The first-order chi connectivity index (χ1) is 12.6. The smallest absolute Gasteiger partial charge is 0.319 e. The molecule has 2 N–H and O–H groups in total. The average molecular weight is 347 g/mol. The van der Waals surface area contributed by atoms with Gasteiger partial charge in [-0.05, 0) is 55.3 Å². The first kappa shape index (κ1) is 17.5. The number of nitrogens with zero attached hydrogens (tertiary/aromatic N) is 1. The summed E-state index contributed by atoms with van der Waals surface area (Å²) in [4.78, 5) is 16.4. The van der Waals surface area contributed by atoms with Crippen molar-refractivity contribution in [3.63, 3.8) is 0 Å². The fourth-order valence-corrected chi connectivity index (χ4v) is 2.54. The Morgan fingerprint density at radius 2 is 1.92 bits per heavy atom. The highest BCUT2D eigenvalue weighted by Gasteiger charge is 2.12. The summed E-state index contributed by atoms with van der Waals surface area (Å²) in [7, 11) is 0. The molecule has 1 atom stereocenters. The van der Waals surface area contributed by atoms with Crippen LogP contribution in [0.1, 0.15) is 24.1 Å². The second-order valence-electron chi connectivity index (χ2n) is 6.02. The number of carbonyl (C=O) groups excluding carboxylic acids is 1. The lowest BCUT2D eigenvalue weighted by molar-refractivity contribution is 0.249. The maximum atomic E-state index is 12.4. The molecule has 0 radical (unpaired) electrons. The standard InChI is InChI=1S/C21H21N3O2/c1-15-7-5-9-18(13-15)26-20-11-4-3-10-19(20)24-21(25)23-16(2)17-8-6-12-22-14-17/h3-14,16H,1-2H3,(H2,23,24,25). The predicted molar refractivity (Wildman–Crippen MR) is 103 cm³/mol. The number of nitrogens with one attached hydrogen (secondary N) is 2. The minimum Gasteiger partial charge on any atom is -0.455 e. The number of urea groups is 1. The number of ether oxygens (including phenoxy) is 1. The highest BCUT2D eigenvalue weighted by atomic mass is 16.5. The maximum absolute atomic E-state index is 12.4. The first-order valence-corrected chi connectivity index (χ1v) is 8.43. The molecule has 3 rings (SSSR count). The van der Waals surface area contributed by atoms with Crippen molar-refractivity contribution in [2.75, 3.05) is 5.32 Å². The van der Waals surface area contributed by atoms with Gasteiger partial charge in [0.25, 0.3) is 0 Å². The highest BCUT2D eigenvalue weighted by molar-refractivity contribution is 5.91. The van der Waals surface area contributed by atoms with Crippen molar-refractivity contribution in [3.8, 4) is 11.5 Å². The van der Waals surface area contributed by atoms with Crippen LogP contribution in [-0.4, -0.2) is 11.0 Å². The predicted octanol–water partition coefficient (Wildman–Crippen LogP) is 5.07. The largest absolute Gasteiger partial charge is 0.455 e. The number of aromatic nitrogens is 1. The Hall–Kier alpha value is -3.34. The minimum absolute atomic E-state index is 0.159. The first-order valence-electron chi connectivity index (χ1n) is 8.43. The molecule has 0 bridgehead atoms. The number of hydrogen-bond donors (Lipinski definition) is 2. The molecule has 0 fully saturated rings. The Morgan fingerprint density at radius 3 is 2.69 bits per heavy atom. The summed E-state index contributed by atoms with van der Waals surface area (Å²) < 4.78 is 5.93. The lowest BCUT2D eigenvalue weighted by atomic mass is 10.1. The quantitative estimate of drug-likeness (QED) is 0.678. The second-order valence-corrected chi connectivity index (χ2v) is 6.02. The molecule has 1 aromatic heterocycles. The summed E-state index contributed by atoms with van der Waals surface area (Å²) in [6.07, 6.45) is 3.44. The molecule has 0 aliphatic heterocycles. The van der Waals surface area contributed by atoms with Gasteiger partial charge in [0.1, 0.15) is 5.75 Å². The molecule has 0 saturated heterocycles. The van der Waals surface area contributed by atoms with Gasteiger partial charge in [0.2, 0.25) is 0 Å². The molecule has 0 saturated carbocycles. The summed E-state index contributed by atoms with van der Waals surface area (Å²) in [5, 5.41) is 5.75. The Bertz CT molecular complexity index is 881. The van der Waals surface area contributed by atoms with E-state index in [1.165, 1.54) is 0 Å². The number of pyridine rings is 1. The van der Waals surface area contributed by atoms with E-state index in [-0.39, 0.29) is 12.1 Å². The summed E-state index contributed by atoms with van der Waals surface area (Å²) in [5.74, 6) is 1.31. The van der Waals surface area contributed by atoms with E-state index in [1.54, 1.807) is 18.5 Å². The van der Waals surface area contributed by atoms with E-state index in [2.05, 4.69) is 15.6 Å². The monoisotopic (exact) mass is 347 g/mol. The van der Waals surface area contributed by atoms with Gasteiger partial charge in [0.15, 0.2) is 5.75 Å². The molecular formula is C21H21N3O2. The highest BCUT2D eigenvalue weighted by Crippen LogP contribution is 2.29. The molecule has 1 heterocycles. The van der Waals surface area contributed by atoms with Crippen molar-refractivity contribution in [3.05, 3.63) is 84.2 Å². The van der Waals surface area contributed by atoms with E-state index in [9.17, 15) is 4.79 Å². The van der Waals surface area contributed by atoms with E-state index >= 15 is 0 Å². The molecule has 0 aliphatic carbocycles. The van der Waals surface area contributed by atoms with E-state index in [1.807, 2.05) is 68.4 Å². The molecule has 5 nitrogen and oxygen atoms in total. The topological polar surface area (TPSA) is 63.2 Å². The van der Waals surface area contributed by atoms with Gasteiger partial charge in [-0.3, -0.25) is 4.98 Å².